The van der Waals surface area contributed by atoms with Crippen molar-refractivity contribution in [2.75, 3.05) is 45.8 Å². The van der Waals surface area contributed by atoms with Crippen molar-refractivity contribution in [1.82, 2.24) is 15.1 Å². The summed E-state index contributed by atoms with van der Waals surface area (Å²) < 4.78 is 36.3. The number of halogens is 3. The van der Waals surface area contributed by atoms with Gasteiger partial charge in [0.2, 0.25) is 5.91 Å². The van der Waals surface area contributed by atoms with Crippen LogP contribution in [0.15, 0.2) is 0 Å². The summed E-state index contributed by atoms with van der Waals surface area (Å²) in [4.78, 5) is 16.0. The molecule has 7 heteroatoms. The van der Waals surface area contributed by atoms with Gasteiger partial charge in [-0.15, -0.1) is 0 Å². The lowest BCUT2D eigenvalue weighted by molar-refractivity contribution is -0.139. The van der Waals surface area contributed by atoms with Crippen LogP contribution in [0.1, 0.15) is 38.5 Å². The second-order valence-corrected chi connectivity index (χ2v) is 6.83. The smallest absolute Gasteiger partial charge is 0.346 e. The number of carbonyl (C=O) groups is 1. The van der Waals surface area contributed by atoms with Crippen molar-refractivity contribution in [3.63, 3.8) is 0 Å². The second-order valence-electron chi connectivity index (χ2n) is 6.83. The van der Waals surface area contributed by atoms with Crippen LogP contribution in [0.25, 0.3) is 0 Å². The molecule has 1 saturated heterocycles. The number of alkyl halides is 3. The molecule has 0 radical (unpaired) electrons. The summed E-state index contributed by atoms with van der Waals surface area (Å²) in [5, 5.41) is 1.95. The van der Waals surface area contributed by atoms with Crippen molar-refractivity contribution < 1.29 is 18.0 Å². The minimum atomic E-state index is -4.34. The van der Waals surface area contributed by atoms with Crippen LogP contribution < -0.4 is 5.32 Å². The molecule has 1 heterocycles. The summed E-state index contributed by atoms with van der Waals surface area (Å²) in [6.45, 7) is 3.42. The van der Waals surface area contributed by atoms with E-state index in [1.165, 1.54) is 32.1 Å². The Morgan fingerprint density at radius 3 is 2.30 bits per heavy atom. The maximum absolute atomic E-state index is 12.1. The summed E-state index contributed by atoms with van der Waals surface area (Å²) in [5.41, 5.74) is 0. The Kier molecular flexibility index (Phi) is 7.14. The summed E-state index contributed by atoms with van der Waals surface area (Å²) in [6, 6.07) is 0. The average Bonchev–Trinajstić information content (AvgIpc) is 2.71. The van der Waals surface area contributed by atoms with Crippen molar-refractivity contribution in [2.24, 2.45) is 5.92 Å². The fraction of sp³-hybridized carbons (Fsp3) is 0.938. The van der Waals surface area contributed by atoms with E-state index in [-0.39, 0.29) is 6.54 Å². The SMILES string of the molecule is O=C(CN1CCCN(CC2CCCCC2)CC1)NCC(F)(F)F. The summed E-state index contributed by atoms with van der Waals surface area (Å²) in [6.07, 6.45) is 3.30. The zero-order chi connectivity index (χ0) is 16.7. The van der Waals surface area contributed by atoms with E-state index in [0.717, 1.165) is 45.1 Å². The highest BCUT2D eigenvalue weighted by atomic mass is 19.4. The van der Waals surface area contributed by atoms with Crippen LogP contribution >= 0.6 is 0 Å². The Morgan fingerprint density at radius 1 is 0.957 bits per heavy atom. The molecule has 2 fully saturated rings. The van der Waals surface area contributed by atoms with Crippen LogP contribution in [0.2, 0.25) is 0 Å². The molecule has 1 amide bonds. The van der Waals surface area contributed by atoms with Gasteiger partial charge in [-0.25, -0.2) is 0 Å². The molecule has 1 N–H and O–H groups in total. The van der Waals surface area contributed by atoms with Gasteiger partial charge in [-0.3, -0.25) is 9.69 Å². The van der Waals surface area contributed by atoms with Crippen LogP contribution in [0.3, 0.4) is 0 Å². The number of nitrogens with one attached hydrogen (secondary N) is 1. The average molecular weight is 335 g/mol. The molecule has 23 heavy (non-hydrogen) atoms. The standard InChI is InChI=1S/C16H28F3N3O/c17-16(18,19)13-20-15(23)12-22-8-4-7-21(9-10-22)11-14-5-2-1-3-6-14/h14H,1-13H2,(H,20,23). The van der Waals surface area contributed by atoms with E-state index in [4.69, 9.17) is 0 Å². The molecule has 2 aliphatic rings. The molecule has 0 unspecified atom stereocenters. The van der Waals surface area contributed by atoms with Crippen molar-refractivity contribution in [2.45, 2.75) is 44.7 Å². The van der Waals surface area contributed by atoms with Gasteiger partial charge in [0.15, 0.2) is 0 Å². The largest absolute Gasteiger partial charge is 0.405 e. The van der Waals surface area contributed by atoms with E-state index in [1.54, 1.807) is 0 Å². The first kappa shape index (κ1) is 18.5. The molecule has 0 spiro atoms. The predicted molar refractivity (Wildman–Crippen MR) is 83.1 cm³/mol. The van der Waals surface area contributed by atoms with Gasteiger partial charge < -0.3 is 10.2 Å². The van der Waals surface area contributed by atoms with Gasteiger partial charge in [0.05, 0.1) is 6.54 Å². The van der Waals surface area contributed by atoms with Gasteiger partial charge in [-0.2, -0.15) is 13.2 Å². The molecule has 1 aliphatic carbocycles. The first-order valence-corrected chi connectivity index (χ1v) is 8.70. The third-order valence-electron chi connectivity index (χ3n) is 4.78. The first-order valence-electron chi connectivity index (χ1n) is 8.70. The van der Waals surface area contributed by atoms with Gasteiger partial charge >= 0.3 is 6.18 Å². The highest BCUT2D eigenvalue weighted by molar-refractivity contribution is 5.78. The maximum atomic E-state index is 12.1. The van der Waals surface area contributed by atoms with Crippen molar-refractivity contribution >= 4 is 5.91 Å². The second kappa shape index (κ2) is 8.87. The molecule has 2 rings (SSSR count). The van der Waals surface area contributed by atoms with E-state index in [0.29, 0.717) is 0 Å². The van der Waals surface area contributed by atoms with Gasteiger partial charge in [0, 0.05) is 19.6 Å². The Bertz CT molecular complexity index is 370. The molecular weight excluding hydrogens is 307 g/mol. The van der Waals surface area contributed by atoms with Crippen LogP contribution in [-0.2, 0) is 4.79 Å². The number of nitrogens with zero attached hydrogens (tertiary/aromatic N) is 2. The quantitative estimate of drug-likeness (QED) is 0.837. The maximum Gasteiger partial charge on any atom is 0.405 e. The highest BCUT2D eigenvalue weighted by Gasteiger charge is 2.28. The summed E-state index contributed by atoms with van der Waals surface area (Å²) in [5.74, 6) is 0.258. The monoisotopic (exact) mass is 335 g/mol. The molecule has 0 aromatic heterocycles. The van der Waals surface area contributed by atoms with Crippen LogP contribution in [-0.4, -0.2) is 67.7 Å². The van der Waals surface area contributed by atoms with Crippen molar-refractivity contribution in [3.8, 4) is 0 Å². The Hall–Kier alpha value is -0.820. The summed E-state index contributed by atoms with van der Waals surface area (Å²) in [7, 11) is 0. The lowest BCUT2D eigenvalue weighted by Crippen LogP contribution is -2.42. The molecule has 1 aliphatic heterocycles. The zero-order valence-electron chi connectivity index (χ0n) is 13.7. The molecule has 0 aromatic carbocycles. The minimum absolute atomic E-state index is 0.0628. The van der Waals surface area contributed by atoms with E-state index in [2.05, 4.69) is 4.90 Å². The molecule has 0 aromatic rings. The number of carbonyl (C=O) groups excluding carboxylic acids is 1. The number of hydrogen-bond donors (Lipinski definition) is 1. The highest BCUT2D eigenvalue weighted by Crippen LogP contribution is 2.24. The van der Waals surface area contributed by atoms with Crippen LogP contribution in [0.5, 0.6) is 0 Å². The molecule has 0 bridgehead atoms. The third kappa shape index (κ3) is 7.52. The minimum Gasteiger partial charge on any atom is -0.346 e. The molecule has 0 atom stereocenters. The molecule has 4 nitrogen and oxygen atoms in total. The van der Waals surface area contributed by atoms with Gasteiger partial charge in [0.1, 0.15) is 6.54 Å². The zero-order valence-corrected chi connectivity index (χ0v) is 13.7. The third-order valence-corrected chi connectivity index (χ3v) is 4.78. The van der Waals surface area contributed by atoms with E-state index in [9.17, 15) is 18.0 Å². The van der Waals surface area contributed by atoms with Crippen LogP contribution in [0.4, 0.5) is 13.2 Å². The number of rotatable bonds is 5. The molecule has 1 saturated carbocycles. The Labute approximate surface area is 136 Å². The number of amides is 1. The van der Waals surface area contributed by atoms with E-state index in [1.807, 2.05) is 10.2 Å². The Balaban J connectivity index is 1.67. The number of hydrogen-bond acceptors (Lipinski definition) is 3. The fourth-order valence-corrected chi connectivity index (χ4v) is 3.56. The van der Waals surface area contributed by atoms with E-state index < -0.39 is 18.6 Å². The van der Waals surface area contributed by atoms with Gasteiger partial charge in [-0.1, -0.05) is 19.3 Å². The first-order chi connectivity index (χ1) is 10.9. The van der Waals surface area contributed by atoms with Crippen LogP contribution in [0, 0.1) is 5.92 Å². The lowest BCUT2D eigenvalue weighted by Gasteiger charge is -2.28. The Morgan fingerprint density at radius 2 is 1.61 bits per heavy atom. The summed E-state index contributed by atoms with van der Waals surface area (Å²) >= 11 is 0. The predicted octanol–water partition coefficient (Wildman–Crippen LogP) is 2.25. The van der Waals surface area contributed by atoms with Gasteiger partial charge in [0.25, 0.3) is 0 Å². The normalized spacial score (nSPS) is 22.7. The van der Waals surface area contributed by atoms with E-state index >= 15 is 0 Å². The molecule has 134 valence electrons. The van der Waals surface area contributed by atoms with Gasteiger partial charge in [-0.05, 0) is 38.3 Å². The van der Waals surface area contributed by atoms with Crippen molar-refractivity contribution in [1.29, 1.82) is 0 Å². The van der Waals surface area contributed by atoms with Crippen molar-refractivity contribution in [3.05, 3.63) is 0 Å². The topological polar surface area (TPSA) is 35.6 Å². The fourth-order valence-electron chi connectivity index (χ4n) is 3.56. The lowest BCUT2D eigenvalue weighted by atomic mass is 9.89. The molecular formula is C16H28F3N3O.